The van der Waals surface area contributed by atoms with Gasteiger partial charge in [-0.3, -0.25) is 4.79 Å². The third-order valence-corrected chi connectivity index (χ3v) is 4.84. The molecule has 1 rings (SSSR count). The minimum Gasteiger partial charge on any atom is -0.469 e. The quantitative estimate of drug-likeness (QED) is 0.369. The van der Waals surface area contributed by atoms with E-state index >= 15 is 0 Å². The van der Waals surface area contributed by atoms with Crippen LogP contribution in [0.5, 0.6) is 0 Å². The van der Waals surface area contributed by atoms with Gasteiger partial charge in [-0.25, -0.2) is 0 Å². The summed E-state index contributed by atoms with van der Waals surface area (Å²) in [6, 6.07) is 0. The van der Waals surface area contributed by atoms with Crippen LogP contribution in [0.15, 0.2) is 0 Å². The first-order chi connectivity index (χ1) is 9.76. The predicted molar refractivity (Wildman–Crippen MR) is 84.7 cm³/mol. The number of unbranched alkanes of at least 4 members (excludes halogenated alkanes) is 5. The van der Waals surface area contributed by atoms with E-state index in [1.165, 1.54) is 77.7 Å². The van der Waals surface area contributed by atoms with Gasteiger partial charge in [0.2, 0.25) is 0 Å². The molecule has 0 heterocycles. The van der Waals surface area contributed by atoms with Gasteiger partial charge in [-0.15, -0.1) is 0 Å². The molecule has 0 aromatic carbocycles. The van der Waals surface area contributed by atoms with Crippen molar-refractivity contribution in [1.29, 1.82) is 0 Å². The molecule has 0 spiro atoms. The first-order valence-electron chi connectivity index (χ1n) is 8.83. The van der Waals surface area contributed by atoms with Crippen LogP contribution in [0.3, 0.4) is 0 Å². The SMILES string of the molecule is CCCCCCC1CCC(CCCCCC(=O)OC)C1. The lowest BCUT2D eigenvalue weighted by molar-refractivity contribution is -0.140. The summed E-state index contributed by atoms with van der Waals surface area (Å²) < 4.78 is 4.66. The molecule has 2 nitrogen and oxygen atoms in total. The van der Waals surface area contributed by atoms with Crippen molar-refractivity contribution in [2.24, 2.45) is 11.8 Å². The molecule has 20 heavy (non-hydrogen) atoms. The molecule has 1 saturated carbocycles. The standard InChI is InChI=1S/C18H34O2/c1-3-4-5-7-10-16-13-14-17(15-16)11-8-6-9-12-18(19)20-2/h16-17H,3-15H2,1-2H3. The fourth-order valence-electron chi connectivity index (χ4n) is 3.54. The molecule has 0 bridgehead atoms. The van der Waals surface area contributed by atoms with Crippen molar-refractivity contribution < 1.29 is 9.53 Å². The van der Waals surface area contributed by atoms with Gasteiger partial charge >= 0.3 is 5.97 Å². The number of methoxy groups -OCH3 is 1. The highest BCUT2D eigenvalue weighted by molar-refractivity contribution is 5.68. The lowest BCUT2D eigenvalue weighted by atomic mass is 9.95. The van der Waals surface area contributed by atoms with Crippen molar-refractivity contribution in [3.05, 3.63) is 0 Å². The van der Waals surface area contributed by atoms with E-state index < -0.39 is 0 Å². The first kappa shape index (κ1) is 17.5. The highest BCUT2D eigenvalue weighted by Crippen LogP contribution is 2.37. The fraction of sp³-hybridized carbons (Fsp3) is 0.944. The van der Waals surface area contributed by atoms with Crippen LogP contribution in [-0.2, 0) is 9.53 Å². The van der Waals surface area contributed by atoms with Gasteiger partial charge in [-0.2, -0.15) is 0 Å². The number of hydrogen-bond acceptors (Lipinski definition) is 2. The van der Waals surface area contributed by atoms with Gasteiger partial charge in [0.25, 0.3) is 0 Å². The van der Waals surface area contributed by atoms with Gasteiger partial charge in [-0.05, 0) is 24.7 Å². The molecule has 0 aliphatic heterocycles. The Morgan fingerprint density at radius 3 is 2.10 bits per heavy atom. The van der Waals surface area contributed by atoms with Crippen molar-refractivity contribution in [3.63, 3.8) is 0 Å². The van der Waals surface area contributed by atoms with Crippen molar-refractivity contribution >= 4 is 5.97 Å². The molecule has 0 saturated heterocycles. The van der Waals surface area contributed by atoms with Crippen LogP contribution in [0.4, 0.5) is 0 Å². The maximum Gasteiger partial charge on any atom is 0.305 e. The molecular weight excluding hydrogens is 248 g/mol. The van der Waals surface area contributed by atoms with E-state index in [4.69, 9.17) is 0 Å². The second kappa shape index (κ2) is 11.2. The van der Waals surface area contributed by atoms with E-state index in [0.717, 1.165) is 18.3 Å². The highest BCUT2D eigenvalue weighted by Gasteiger charge is 2.23. The summed E-state index contributed by atoms with van der Waals surface area (Å²) in [5, 5.41) is 0. The molecule has 118 valence electrons. The van der Waals surface area contributed by atoms with E-state index in [9.17, 15) is 4.79 Å². The summed E-state index contributed by atoms with van der Waals surface area (Å²) in [6.07, 6.45) is 17.0. The highest BCUT2D eigenvalue weighted by atomic mass is 16.5. The lowest BCUT2D eigenvalue weighted by Gasteiger charge is -2.11. The van der Waals surface area contributed by atoms with Crippen molar-refractivity contribution in [2.75, 3.05) is 7.11 Å². The summed E-state index contributed by atoms with van der Waals surface area (Å²) in [5.74, 6) is 1.94. The normalized spacial score (nSPS) is 22.1. The Bertz CT molecular complexity index is 250. The molecular formula is C18H34O2. The summed E-state index contributed by atoms with van der Waals surface area (Å²) >= 11 is 0. The first-order valence-corrected chi connectivity index (χ1v) is 8.83. The van der Waals surface area contributed by atoms with E-state index in [1.54, 1.807) is 0 Å². The van der Waals surface area contributed by atoms with E-state index in [0.29, 0.717) is 6.42 Å². The Labute approximate surface area is 125 Å². The molecule has 1 aliphatic carbocycles. The molecule has 1 fully saturated rings. The minimum absolute atomic E-state index is 0.0574. The van der Waals surface area contributed by atoms with Crippen LogP contribution < -0.4 is 0 Å². The van der Waals surface area contributed by atoms with Crippen molar-refractivity contribution in [1.82, 2.24) is 0 Å². The zero-order valence-electron chi connectivity index (χ0n) is 13.7. The topological polar surface area (TPSA) is 26.3 Å². The molecule has 0 aromatic heterocycles. The average Bonchev–Trinajstić information content (AvgIpc) is 2.91. The van der Waals surface area contributed by atoms with Gasteiger partial charge in [0.15, 0.2) is 0 Å². The van der Waals surface area contributed by atoms with Crippen LogP contribution in [0.2, 0.25) is 0 Å². The van der Waals surface area contributed by atoms with E-state index in [2.05, 4.69) is 11.7 Å². The van der Waals surface area contributed by atoms with Gasteiger partial charge in [0.05, 0.1) is 7.11 Å². The third kappa shape index (κ3) is 7.91. The molecule has 2 heteroatoms. The van der Waals surface area contributed by atoms with Crippen LogP contribution in [0, 0.1) is 11.8 Å². The number of rotatable bonds is 11. The van der Waals surface area contributed by atoms with Crippen LogP contribution in [-0.4, -0.2) is 13.1 Å². The molecule has 2 atom stereocenters. The van der Waals surface area contributed by atoms with Gasteiger partial charge in [0.1, 0.15) is 0 Å². The Hall–Kier alpha value is -0.530. The zero-order chi connectivity index (χ0) is 14.6. The van der Waals surface area contributed by atoms with Gasteiger partial charge in [-0.1, -0.05) is 71.1 Å². The fourth-order valence-corrected chi connectivity index (χ4v) is 3.54. The van der Waals surface area contributed by atoms with Crippen LogP contribution >= 0.6 is 0 Å². The summed E-state index contributed by atoms with van der Waals surface area (Å²) in [7, 11) is 1.47. The smallest absolute Gasteiger partial charge is 0.305 e. The second-order valence-electron chi connectivity index (χ2n) is 6.57. The summed E-state index contributed by atoms with van der Waals surface area (Å²) in [5.41, 5.74) is 0. The maximum absolute atomic E-state index is 11.0. The number of carbonyl (C=O) groups excluding carboxylic acids is 1. The largest absolute Gasteiger partial charge is 0.469 e. The number of carbonyl (C=O) groups is 1. The Morgan fingerprint density at radius 2 is 1.55 bits per heavy atom. The van der Waals surface area contributed by atoms with Crippen molar-refractivity contribution in [3.8, 4) is 0 Å². The monoisotopic (exact) mass is 282 g/mol. The van der Waals surface area contributed by atoms with Gasteiger partial charge in [0, 0.05) is 6.42 Å². The summed E-state index contributed by atoms with van der Waals surface area (Å²) in [4.78, 5) is 11.0. The van der Waals surface area contributed by atoms with E-state index in [1.807, 2.05) is 0 Å². The van der Waals surface area contributed by atoms with Gasteiger partial charge < -0.3 is 4.74 Å². The maximum atomic E-state index is 11.0. The Kier molecular flexibility index (Phi) is 9.78. The predicted octanol–water partition coefficient (Wildman–Crippen LogP) is 5.50. The Balaban J connectivity index is 1.94. The molecule has 0 amide bonds. The van der Waals surface area contributed by atoms with E-state index in [-0.39, 0.29) is 5.97 Å². The number of esters is 1. The van der Waals surface area contributed by atoms with Crippen LogP contribution in [0.1, 0.15) is 90.4 Å². The number of ether oxygens (including phenoxy) is 1. The molecule has 0 radical (unpaired) electrons. The Morgan fingerprint density at radius 1 is 0.950 bits per heavy atom. The van der Waals surface area contributed by atoms with Crippen molar-refractivity contribution in [2.45, 2.75) is 90.4 Å². The number of hydrogen-bond donors (Lipinski definition) is 0. The lowest BCUT2D eigenvalue weighted by Crippen LogP contribution is -2.00. The zero-order valence-corrected chi connectivity index (χ0v) is 13.7. The summed E-state index contributed by atoms with van der Waals surface area (Å²) in [6.45, 7) is 2.28. The molecule has 2 unspecified atom stereocenters. The van der Waals surface area contributed by atoms with Crippen LogP contribution in [0.25, 0.3) is 0 Å². The molecule has 0 aromatic rings. The minimum atomic E-state index is -0.0574. The average molecular weight is 282 g/mol. The molecule has 1 aliphatic rings. The third-order valence-electron chi connectivity index (χ3n) is 4.84. The second-order valence-corrected chi connectivity index (χ2v) is 6.57. The molecule has 0 N–H and O–H groups in total.